The molecule has 0 atom stereocenters. The Kier molecular flexibility index (Phi) is 17.9. The molecule has 2 aromatic carbocycles. The van der Waals surface area contributed by atoms with Crippen LogP contribution in [0.15, 0.2) is 48.8 Å². The number of hydrogen-bond acceptors (Lipinski definition) is 18. The average molecular weight is 1090 g/mol. The number of aromatic nitrogens is 6. The highest BCUT2D eigenvalue weighted by molar-refractivity contribution is 7.92. The Labute approximate surface area is 434 Å². The minimum atomic E-state index is -3.63. The van der Waals surface area contributed by atoms with Gasteiger partial charge in [0.15, 0.2) is 0 Å². The van der Waals surface area contributed by atoms with Crippen molar-refractivity contribution in [3.63, 3.8) is 0 Å². The highest BCUT2D eigenvalue weighted by Gasteiger charge is 2.31. The zero-order valence-corrected chi connectivity index (χ0v) is 45.0. The number of rotatable bonds is 13. The van der Waals surface area contributed by atoms with E-state index in [1.807, 2.05) is 37.5 Å². The molecule has 9 rings (SSSR count). The van der Waals surface area contributed by atoms with Gasteiger partial charge in [-0.2, -0.15) is 0 Å². The fourth-order valence-electron chi connectivity index (χ4n) is 8.84. The number of pyridine rings is 2. The van der Waals surface area contributed by atoms with Crippen molar-refractivity contribution in [3.8, 4) is 34.3 Å². The first-order valence-corrected chi connectivity index (χ1v) is 28.1. The summed E-state index contributed by atoms with van der Waals surface area (Å²) >= 11 is 6.30. The highest BCUT2D eigenvalue weighted by atomic mass is 35.5. The minimum absolute atomic E-state index is 0.0881. The van der Waals surface area contributed by atoms with Crippen LogP contribution < -0.4 is 28.7 Å². The summed E-state index contributed by atoms with van der Waals surface area (Å²) in [5.74, 6) is 0.335. The van der Waals surface area contributed by atoms with Crippen molar-refractivity contribution in [1.29, 1.82) is 0 Å². The molecule has 25 heteroatoms. The molecular formula is C49H62ClF2N11O9S2. The second-order valence-corrected chi connectivity index (χ2v) is 22.1. The maximum absolute atomic E-state index is 15.2. The number of benzene rings is 2. The van der Waals surface area contributed by atoms with E-state index in [-0.39, 0.29) is 34.1 Å². The molecule has 0 radical (unpaired) electrons. The van der Waals surface area contributed by atoms with Crippen molar-refractivity contribution in [2.24, 2.45) is 5.92 Å². The molecule has 0 unspecified atom stereocenters. The third-order valence-electron chi connectivity index (χ3n) is 12.3. The van der Waals surface area contributed by atoms with Gasteiger partial charge in [-0.25, -0.2) is 55.5 Å². The van der Waals surface area contributed by atoms with Crippen molar-refractivity contribution in [1.82, 2.24) is 34.8 Å². The lowest BCUT2D eigenvalue weighted by molar-refractivity contribution is -0.0135. The summed E-state index contributed by atoms with van der Waals surface area (Å²) in [7, 11) is -4.44. The molecule has 0 spiro atoms. The topological polar surface area (TPSA) is 237 Å². The van der Waals surface area contributed by atoms with Crippen LogP contribution >= 0.6 is 11.6 Å². The lowest BCUT2D eigenvalue weighted by atomic mass is 9.83. The van der Waals surface area contributed by atoms with Gasteiger partial charge in [-0.3, -0.25) is 14.3 Å². The molecule has 3 N–H and O–H groups in total. The zero-order chi connectivity index (χ0) is 53.5. The van der Waals surface area contributed by atoms with E-state index in [0.29, 0.717) is 115 Å². The molecule has 3 aliphatic heterocycles. The molecule has 0 amide bonds. The number of aliphatic hydroxyl groups is 1. The van der Waals surface area contributed by atoms with Gasteiger partial charge in [0.1, 0.15) is 23.0 Å². The zero-order valence-electron chi connectivity index (χ0n) is 42.6. The quantitative estimate of drug-likeness (QED) is 0.108. The molecule has 6 aromatic rings. The molecule has 400 valence electrons. The number of methoxy groups -OCH3 is 2. The molecule has 20 nitrogen and oxygen atoms in total. The first-order chi connectivity index (χ1) is 35.2. The third kappa shape index (κ3) is 13.9. The van der Waals surface area contributed by atoms with Crippen molar-refractivity contribution < 1.29 is 49.7 Å². The molecule has 3 fully saturated rings. The number of morpholine rings is 2. The number of anilines is 4. The standard InChI is InChI=1S/C28H37FN6O5S.C19H19ClFN5O4S.C2H6/c1-28(2,36)20-5-7-34(8-6-20)17-19-13-21(29)15-22-24(31-27(32-25(19)22)35-9-11-40-12-10-35)18-14-23(33-41(4,37)38)26(39-3)30-16-18;1-29-18-15(25-31(2,27)28)7-11(10-22-18)16-13-8-12(21)9-14(20)17(13)24-19(23-16)26-3-5-30-6-4-26;1-2/h13-16,20,33,36H,5-12,17H2,1-4H3;7-10,25H,3-6H2,1-2H3;1-2H3. The molecule has 0 bridgehead atoms. The van der Waals surface area contributed by atoms with Crippen molar-refractivity contribution in [3.05, 3.63) is 71.0 Å². The number of nitrogens with zero attached hydrogens (tertiary/aromatic N) is 9. The number of halogens is 3. The van der Waals surface area contributed by atoms with Gasteiger partial charge in [0.2, 0.25) is 43.7 Å². The lowest BCUT2D eigenvalue weighted by Crippen LogP contribution is -2.41. The van der Waals surface area contributed by atoms with Crippen LogP contribution in [0.4, 0.5) is 32.1 Å². The van der Waals surface area contributed by atoms with Gasteiger partial charge in [-0.15, -0.1) is 0 Å². The Morgan fingerprint density at radius 2 is 1.12 bits per heavy atom. The Morgan fingerprint density at radius 3 is 1.55 bits per heavy atom. The first kappa shape index (κ1) is 55.9. The normalized spacial score (nSPS) is 16.0. The third-order valence-corrected chi connectivity index (χ3v) is 13.8. The second kappa shape index (κ2) is 23.8. The number of piperidine rings is 1. The van der Waals surface area contributed by atoms with E-state index in [9.17, 15) is 26.3 Å². The minimum Gasteiger partial charge on any atom is -0.480 e. The van der Waals surface area contributed by atoms with Crippen LogP contribution in [0.2, 0.25) is 5.02 Å². The van der Waals surface area contributed by atoms with Gasteiger partial charge >= 0.3 is 0 Å². The summed E-state index contributed by atoms with van der Waals surface area (Å²) in [6, 6.07) is 8.51. The smallest absolute Gasteiger partial charge is 0.238 e. The van der Waals surface area contributed by atoms with Gasteiger partial charge in [0, 0.05) is 67.0 Å². The van der Waals surface area contributed by atoms with Gasteiger partial charge in [-0.05, 0) is 87.7 Å². The van der Waals surface area contributed by atoms with Gasteiger partial charge < -0.3 is 33.9 Å². The van der Waals surface area contributed by atoms with E-state index in [2.05, 4.69) is 34.3 Å². The fourth-order valence-corrected chi connectivity index (χ4v) is 10.2. The van der Waals surface area contributed by atoms with Crippen LogP contribution in [0.25, 0.3) is 44.3 Å². The van der Waals surface area contributed by atoms with Crippen LogP contribution in [-0.4, -0.2) is 155 Å². The molecule has 3 aliphatic rings. The summed E-state index contributed by atoms with van der Waals surface area (Å²) < 4.78 is 103. The summed E-state index contributed by atoms with van der Waals surface area (Å²) in [5.41, 5.74) is 3.00. The van der Waals surface area contributed by atoms with Gasteiger partial charge in [0.25, 0.3) is 0 Å². The molecular weight excluding hydrogens is 1020 g/mol. The molecule has 7 heterocycles. The summed E-state index contributed by atoms with van der Waals surface area (Å²) in [6.07, 6.45) is 6.76. The predicted molar refractivity (Wildman–Crippen MR) is 282 cm³/mol. The van der Waals surface area contributed by atoms with Crippen molar-refractivity contribution >= 4 is 76.7 Å². The van der Waals surface area contributed by atoms with E-state index in [0.717, 1.165) is 44.0 Å². The van der Waals surface area contributed by atoms with Crippen LogP contribution in [0.3, 0.4) is 0 Å². The molecule has 74 heavy (non-hydrogen) atoms. The number of likely N-dealkylation sites (tertiary alicyclic amines) is 1. The van der Waals surface area contributed by atoms with Crippen LogP contribution in [0.5, 0.6) is 11.8 Å². The summed E-state index contributed by atoms with van der Waals surface area (Å²) in [5, 5.41) is 11.5. The molecule has 0 aliphatic carbocycles. The monoisotopic (exact) mass is 1090 g/mol. The van der Waals surface area contributed by atoms with Crippen molar-refractivity contribution in [2.75, 3.05) is 112 Å². The maximum Gasteiger partial charge on any atom is 0.238 e. The van der Waals surface area contributed by atoms with E-state index >= 15 is 4.39 Å². The number of ether oxygens (including phenoxy) is 4. The summed E-state index contributed by atoms with van der Waals surface area (Å²) in [4.78, 5) is 33.7. The Hall–Kier alpha value is -5.89. The SMILES string of the molecule is CC.COc1ncc(-c2nc(N3CCOCC3)nc3c(CN4CCC(C(C)(C)O)CC4)cc(F)cc23)cc1NS(C)(=O)=O.COc1ncc(-c2nc(N3CCOCC3)nc3c(Cl)cc(F)cc23)cc1NS(C)(=O)=O. The Balaban J connectivity index is 0.000000217. The first-order valence-electron chi connectivity index (χ1n) is 24.0. The number of nitrogens with one attached hydrogen (secondary N) is 2. The Bertz CT molecular complexity index is 3190. The fraction of sp³-hybridized carbons (Fsp3) is 0.469. The number of fused-ring (bicyclic) bond motifs is 2. The second-order valence-electron chi connectivity index (χ2n) is 18.2. The Morgan fingerprint density at radius 1 is 0.689 bits per heavy atom. The van der Waals surface area contributed by atoms with Gasteiger partial charge in [0.05, 0.1) is 86.2 Å². The molecule has 3 saturated heterocycles. The lowest BCUT2D eigenvalue weighted by Gasteiger charge is -2.37. The van der Waals surface area contributed by atoms with E-state index in [1.165, 1.54) is 56.9 Å². The van der Waals surface area contributed by atoms with E-state index in [1.54, 1.807) is 6.07 Å². The largest absolute Gasteiger partial charge is 0.480 e. The highest BCUT2D eigenvalue weighted by Crippen LogP contribution is 2.38. The molecule has 0 saturated carbocycles. The number of hydrogen-bond donors (Lipinski definition) is 3. The van der Waals surface area contributed by atoms with Crippen LogP contribution in [-0.2, 0) is 36.1 Å². The van der Waals surface area contributed by atoms with Crippen molar-refractivity contribution in [2.45, 2.75) is 52.7 Å². The van der Waals surface area contributed by atoms with Crippen LogP contribution in [0, 0.1) is 17.6 Å². The maximum atomic E-state index is 15.2. The summed E-state index contributed by atoms with van der Waals surface area (Å²) in [6.45, 7) is 14.3. The predicted octanol–water partition coefficient (Wildman–Crippen LogP) is 6.76. The average Bonchev–Trinajstić information content (AvgIpc) is 3.36. The van der Waals surface area contributed by atoms with E-state index in [4.69, 9.17) is 40.5 Å². The molecule has 4 aromatic heterocycles. The number of sulfonamides is 2. The van der Waals surface area contributed by atoms with E-state index < -0.39 is 37.3 Å². The van der Waals surface area contributed by atoms with Gasteiger partial charge in [-0.1, -0.05) is 25.4 Å². The van der Waals surface area contributed by atoms with Crippen LogP contribution in [0.1, 0.15) is 46.1 Å².